The van der Waals surface area contributed by atoms with Gasteiger partial charge in [0.05, 0.1) is 6.54 Å². The van der Waals surface area contributed by atoms with Crippen molar-refractivity contribution in [2.24, 2.45) is 10.9 Å². The second kappa shape index (κ2) is 8.47. The lowest BCUT2D eigenvalue weighted by atomic mass is 10.2. The fourth-order valence-corrected chi connectivity index (χ4v) is 1.51. The molecular weight excluding hydrogens is 264 g/mol. The third-order valence-corrected chi connectivity index (χ3v) is 2.69. The van der Waals surface area contributed by atoms with E-state index in [-0.39, 0.29) is 24.6 Å². The number of nitrogens with one attached hydrogen (secondary N) is 2. The molecule has 0 aliphatic heterocycles. The van der Waals surface area contributed by atoms with Crippen LogP contribution in [0, 0.1) is 17.6 Å². The van der Waals surface area contributed by atoms with Crippen molar-refractivity contribution >= 4 is 5.96 Å². The minimum atomic E-state index is -0.483. The molecule has 0 aromatic heterocycles. The van der Waals surface area contributed by atoms with Gasteiger partial charge in [0, 0.05) is 25.3 Å². The summed E-state index contributed by atoms with van der Waals surface area (Å²) in [4.78, 5) is 4.20. The van der Waals surface area contributed by atoms with Crippen LogP contribution in [0.1, 0.15) is 19.4 Å². The SMILES string of the molecule is CCNC(=NCc1cc(F)ccc1F)NCC(C)CO. The minimum absolute atomic E-state index is 0.0480. The van der Waals surface area contributed by atoms with Gasteiger partial charge in [0.2, 0.25) is 0 Å². The standard InChI is InChI=1S/C14H21F2N3O/c1-3-17-14(18-7-10(2)9-20)19-8-11-6-12(15)4-5-13(11)16/h4-6,10,20H,3,7-9H2,1-2H3,(H2,17,18,19). The van der Waals surface area contributed by atoms with Crippen LogP contribution in [-0.4, -0.2) is 30.8 Å². The highest BCUT2D eigenvalue weighted by Crippen LogP contribution is 2.10. The fourth-order valence-electron chi connectivity index (χ4n) is 1.51. The number of halogens is 2. The number of aliphatic hydroxyl groups excluding tert-OH is 1. The zero-order chi connectivity index (χ0) is 15.0. The summed E-state index contributed by atoms with van der Waals surface area (Å²) in [7, 11) is 0. The van der Waals surface area contributed by atoms with Gasteiger partial charge >= 0.3 is 0 Å². The van der Waals surface area contributed by atoms with Crippen LogP contribution >= 0.6 is 0 Å². The van der Waals surface area contributed by atoms with Crippen molar-refractivity contribution in [3.8, 4) is 0 Å². The summed E-state index contributed by atoms with van der Waals surface area (Å²) >= 11 is 0. The summed E-state index contributed by atoms with van der Waals surface area (Å²) in [5, 5.41) is 15.0. The first kappa shape index (κ1) is 16.4. The Balaban J connectivity index is 2.68. The van der Waals surface area contributed by atoms with Gasteiger partial charge < -0.3 is 15.7 Å². The molecule has 1 aromatic carbocycles. The van der Waals surface area contributed by atoms with E-state index in [0.29, 0.717) is 19.0 Å². The Morgan fingerprint density at radius 2 is 2.10 bits per heavy atom. The second-order valence-corrected chi connectivity index (χ2v) is 4.60. The molecule has 1 unspecified atom stereocenters. The van der Waals surface area contributed by atoms with E-state index in [1.165, 1.54) is 0 Å². The van der Waals surface area contributed by atoms with Gasteiger partial charge in [-0.1, -0.05) is 6.92 Å². The van der Waals surface area contributed by atoms with Gasteiger partial charge in [-0.3, -0.25) is 0 Å². The van der Waals surface area contributed by atoms with Gasteiger partial charge in [-0.05, 0) is 31.0 Å². The van der Waals surface area contributed by atoms with E-state index in [4.69, 9.17) is 5.11 Å². The molecule has 0 aliphatic carbocycles. The van der Waals surface area contributed by atoms with Crippen molar-refractivity contribution in [2.75, 3.05) is 19.7 Å². The molecule has 0 saturated heterocycles. The van der Waals surface area contributed by atoms with Crippen LogP contribution in [0.2, 0.25) is 0 Å². The highest BCUT2D eigenvalue weighted by atomic mass is 19.1. The molecule has 1 rings (SSSR count). The smallest absolute Gasteiger partial charge is 0.191 e. The van der Waals surface area contributed by atoms with Gasteiger partial charge in [0.15, 0.2) is 5.96 Å². The first-order chi connectivity index (χ1) is 9.56. The summed E-state index contributed by atoms with van der Waals surface area (Å²) in [5.74, 6) is -0.362. The topological polar surface area (TPSA) is 56.7 Å². The van der Waals surface area contributed by atoms with Gasteiger partial charge in [-0.15, -0.1) is 0 Å². The Hall–Kier alpha value is -1.69. The number of rotatable bonds is 6. The number of nitrogens with zero attached hydrogens (tertiary/aromatic N) is 1. The van der Waals surface area contributed by atoms with Gasteiger partial charge in [0.1, 0.15) is 11.6 Å². The Labute approximate surface area is 117 Å². The number of benzene rings is 1. The third-order valence-electron chi connectivity index (χ3n) is 2.69. The molecule has 0 fully saturated rings. The molecule has 0 spiro atoms. The lowest BCUT2D eigenvalue weighted by Gasteiger charge is -2.14. The van der Waals surface area contributed by atoms with Crippen LogP contribution < -0.4 is 10.6 Å². The van der Waals surface area contributed by atoms with Gasteiger partial charge in [-0.25, -0.2) is 13.8 Å². The molecule has 3 N–H and O–H groups in total. The second-order valence-electron chi connectivity index (χ2n) is 4.60. The van der Waals surface area contributed by atoms with E-state index < -0.39 is 11.6 Å². The zero-order valence-corrected chi connectivity index (χ0v) is 11.8. The molecule has 0 heterocycles. The maximum Gasteiger partial charge on any atom is 0.191 e. The number of guanidine groups is 1. The Morgan fingerprint density at radius 3 is 2.75 bits per heavy atom. The van der Waals surface area contributed by atoms with Gasteiger partial charge in [-0.2, -0.15) is 0 Å². The highest BCUT2D eigenvalue weighted by Gasteiger charge is 2.05. The molecule has 0 radical (unpaired) electrons. The summed E-state index contributed by atoms with van der Waals surface area (Å²) < 4.78 is 26.5. The average Bonchev–Trinajstić information content (AvgIpc) is 2.44. The normalized spacial score (nSPS) is 13.2. The number of hydrogen-bond acceptors (Lipinski definition) is 2. The quantitative estimate of drug-likeness (QED) is 0.550. The minimum Gasteiger partial charge on any atom is -0.396 e. The van der Waals surface area contributed by atoms with E-state index in [2.05, 4.69) is 15.6 Å². The molecule has 0 saturated carbocycles. The molecule has 0 bridgehead atoms. The van der Waals surface area contributed by atoms with Crippen LogP contribution in [0.3, 0.4) is 0 Å². The number of hydrogen-bond donors (Lipinski definition) is 3. The Kier molecular flexibility index (Phi) is 6.93. The zero-order valence-electron chi connectivity index (χ0n) is 11.8. The predicted octanol–water partition coefficient (Wildman–Crippen LogP) is 1.65. The Morgan fingerprint density at radius 1 is 1.35 bits per heavy atom. The number of aliphatic hydroxyl groups is 1. The first-order valence-corrected chi connectivity index (χ1v) is 6.63. The summed E-state index contributed by atoms with van der Waals surface area (Å²) in [6.45, 7) is 5.13. The number of aliphatic imine (C=N–C) groups is 1. The van der Waals surface area contributed by atoms with Crippen LogP contribution in [0.15, 0.2) is 23.2 Å². The van der Waals surface area contributed by atoms with Crippen molar-refractivity contribution in [1.29, 1.82) is 0 Å². The molecule has 0 amide bonds. The van der Waals surface area contributed by atoms with Crippen molar-refractivity contribution in [3.05, 3.63) is 35.4 Å². The van der Waals surface area contributed by atoms with E-state index in [0.717, 1.165) is 18.2 Å². The van der Waals surface area contributed by atoms with E-state index in [1.807, 2.05) is 13.8 Å². The van der Waals surface area contributed by atoms with Crippen LogP contribution in [0.5, 0.6) is 0 Å². The van der Waals surface area contributed by atoms with Crippen molar-refractivity contribution in [3.63, 3.8) is 0 Å². The van der Waals surface area contributed by atoms with Crippen LogP contribution in [0.4, 0.5) is 8.78 Å². The monoisotopic (exact) mass is 285 g/mol. The summed E-state index contributed by atoms with van der Waals surface area (Å²) in [6.07, 6.45) is 0. The first-order valence-electron chi connectivity index (χ1n) is 6.63. The lowest BCUT2D eigenvalue weighted by Crippen LogP contribution is -2.39. The maximum atomic E-state index is 13.5. The molecular formula is C14H21F2N3O. The van der Waals surface area contributed by atoms with Crippen molar-refractivity contribution in [1.82, 2.24) is 10.6 Å². The highest BCUT2D eigenvalue weighted by molar-refractivity contribution is 5.79. The van der Waals surface area contributed by atoms with E-state index in [1.54, 1.807) is 0 Å². The fraction of sp³-hybridized carbons (Fsp3) is 0.500. The molecule has 1 aromatic rings. The predicted molar refractivity (Wildman–Crippen MR) is 75.4 cm³/mol. The van der Waals surface area contributed by atoms with E-state index in [9.17, 15) is 8.78 Å². The van der Waals surface area contributed by atoms with Crippen LogP contribution in [0.25, 0.3) is 0 Å². The summed E-state index contributed by atoms with van der Waals surface area (Å²) in [6, 6.07) is 3.31. The lowest BCUT2D eigenvalue weighted by molar-refractivity contribution is 0.238. The Bertz CT molecular complexity index is 452. The molecule has 4 nitrogen and oxygen atoms in total. The van der Waals surface area contributed by atoms with Gasteiger partial charge in [0.25, 0.3) is 0 Å². The maximum absolute atomic E-state index is 13.5. The average molecular weight is 285 g/mol. The largest absolute Gasteiger partial charge is 0.396 e. The van der Waals surface area contributed by atoms with Crippen molar-refractivity contribution in [2.45, 2.75) is 20.4 Å². The third kappa shape index (κ3) is 5.52. The van der Waals surface area contributed by atoms with E-state index >= 15 is 0 Å². The molecule has 20 heavy (non-hydrogen) atoms. The molecule has 112 valence electrons. The molecule has 1 atom stereocenters. The molecule has 0 aliphatic rings. The molecule has 6 heteroatoms. The van der Waals surface area contributed by atoms with Crippen molar-refractivity contribution < 1.29 is 13.9 Å². The summed E-state index contributed by atoms with van der Waals surface area (Å²) in [5.41, 5.74) is 0.206. The van der Waals surface area contributed by atoms with Crippen LogP contribution in [-0.2, 0) is 6.54 Å².